The van der Waals surface area contributed by atoms with Crippen LogP contribution in [0.1, 0.15) is 62.4 Å². The molecule has 0 aliphatic heterocycles. The third-order valence-corrected chi connectivity index (χ3v) is 4.00. The van der Waals surface area contributed by atoms with Crippen molar-refractivity contribution in [2.75, 3.05) is 0 Å². The molecule has 0 aliphatic carbocycles. The molecule has 21 heavy (non-hydrogen) atoms. The second-order valence-corrected chi connectivity index (χ2v) is 5.74. The first-order valence-electron chi connectivity index (χ1n) is 7.84. The zero-order valence-corrected chi connectivity index (χ0v) is 13.4. The third-order valence-electron chi connectivity index (χ3n) is 4.00. The van der Waals surface area contributed by atoms with Gasteiger partial charge in [0.2, 0.25) is 0 Å². The van der Waals surface area contributed by atoms with E-state index < -0.39 is 0 Å². The number of hydrogen-bond donors (Lipinski definition) is 1. The number of H-pyrrole nitrogens is 1. The molecule has 0 unspecified atom stereocenters. The van der Waals surface area contributed by atoms with Crippen molar-refractivity contribution in [1.82, 2.24) is 14.8 Å². The normalized spacial score (nSPS) is 11.3. The summed E-state index contributed by atoms with van der Waals surface area (Å²) >= 11 is 0. The van der Waals surface area contributed by atoms with Crippen LogP contribution < -0.4 is 5.69 Å². The van der Waals surface area contributed by atoms with Gasteiger partial charge in [0, 0.05) is 5.92 Å². The molecule has 0 spiro atoms. The van der Waals surface area contributed by atoms with Gasteiger partial charge in [0.25, 0.3) is 0 Å². The van der Waals surface area contributed by atoms with Crippen LogP contribution in [-0.2, 0) is 0 Å². The Bertz CT molecular complexity index is 628. The molecule has 0 saturated carbocycles. The lowest BCUT2D eigenvalue weighted by Gasteiger charge is -2.18. The molecule has 2 aromatic rings. The summed E-state index contributed by atoms with van der Waals surface area (Å²) in [7, 11) is 0. The largest absolute Gasteiger partial charge is 0.347 e. The van der Waals surface area contributed by atoms with Crippen LogP contribution >= 0.6 is 0 Å². The van der Waals surface area contributed by atoms with Gasteiger partial charge in [-0.05, 0) is 37.8 Å². The van der Waals surface area contributed by atoms with Gasteiger partial charge in [0.05, 0.1) is 5.69 Å². The average Bonchev–Trinajstić information content (AvgIpc) is 2.81. The topological polar surface area (TPSA) is 50.7 Å². The van der Waals surface area contributed by atoms with Crippen LogP contribution in [0.4, 0.5) is 0 Å². The molecule has 1 aromatic heterocycles. The van der Waals surface area contributed by atoms with Crippen molar-refractivity contribution in [3.63, 3.8) is 0 Å². The molecule has 4 heteroatoms. The zero-order valence-electron chi connectivity index (χ0n) is 13.4. The van der Waals surface area contributed by atoms with Crippen molar-refractivity contribution in [2.24, 2.45) is 0 Å². The van der Waals surface area contributed by atoms with Crippen LogP contribution in [0.2, 0.25) is 0 Å². The lowest BCUT2D eigenvalue weighted by atomic mass is 9.97. The van der Waals surface area contributed by atoms with E-state index in [1.807, 2.05) is 32.0 Å². The standard InChI is InChI=1S/C17H25N3O/c1-5-8-14(9-6-2)16-18-19-17(21)20(16)15-12(3)10-7-11-13(15)4/h7,10-11,14H,5-6,8-9H2,1-4H3,(H,19,21). The zero-order chi connectivity index (χ0) is 15.4. The van der Waals surface area contributed by atoms with Crippen molar-refractivity contribution in [3.8, 4) is 5.69 Å². The van der Waals surface area contributed by atoms with Crippen LogP contribution in [0.15, 0.2) is 23.0 Å². The fourth-order valence-corrected chi connectivity index (χ4v) is 3.06. The molecule has 0 aliphatic rings. The molecule has 0 atom stereocenters. The summed E-state index contributed by atoms with van der Waals surface area (Å²) in [6.45, 7) is 8.44. The van der Waals surface area contributed by atoms with Crippen molar-refractivity contribution in [2.45, 2.75) is 59.3 Å². The van der Waals surface area contributed by atoms with Crippen LogP contribution in [0.25, 0.3) is 5.69 Å². The molecule has 4 nitrogen and oxygen atoms in total. The first-order valence-corrected chi connectivity index (χ1v) is 7.84. The molecule has 0 radical (unpaired) electrons. The molecule has 0 saturated heterocycles. The molecule has 1 heterocycles. The van der Waals surface area contributed by atoms with E-state index in [-0.39, 0.29) is 5.69 Å². The van der Waals surface area contributed by atoms with Crippen LogP contribution in [0.3, 0.4) is 0 Å². The van der Waals surface area contributed by atoms with E-state index in [1.54, 1.807) is 4.57 Å². The molecule has 2 rings (SSSR count). The highest BCUT2D eigenvalue weighted by molar-refractivity contribution is 5.47. The Labute approximate surface area is 126 Å². The number of rotatable bonds is 6. The smallest absolute Gasteiger partial charge is 0.246 e. The molecule has 1 N–H and O–H groups in total. The third kappa shape index (κ3) is 3.09. The number of benzene rings is 1. The van der Waals surface area contributed by atoms with E-state index in [9.17, 15) is 4.79 Å². The molecule has 1 aromatic carbocycles. The summed E-state index contributed by atoms with van der Waals surface area (Å²) in [5.74, 6) is 1.21. The second kappa shape index (κ2) is 6.74. The fraction of sp³-hybridized carbons (Fsp3) is 0.529. The highest BCUT2D eigenvalue weighted by Crippen LogP contribution is 2.27. The van der Waals surface area contributed by atoms with E-state index >= 15 is 0 Å². The molecular formula is C17H25N3O. The summed E-state index contributed by atoms with van der Waals surface area (Å²) < 4.78 is 1.78. The maximum absolute atomic E-state index is 12.3. The van der Waals surface area contributed by atoms with Gasteiger partial charge >= 0.3 is 5.69 Å². The van der Waals surface area contributed by atoms with Gasteiger partial charge in [0.15, 0.2) is 0 Å². The Morgan fingerprint density at radius 2 is 1.71 bits per heavy atom. The minimum atomic E-state index is -0.139. The van der Waals surface area contributed by atoms with Gasteiger partial charge in [-0.25, -0.2) is 14.5 Å². The van der Waals surface area contributed by atoms with E-state index in [4.69, 9.17) is 0 Å². The summed E-state index contributed by atoms with van der Waals surface area (Å²) in [6.07, 6.45) is 4.31. The maximum Gasteiger partial charge on any atom is 0.347 e. The summed E-state index contributed by atoms with van der Waals surface area (Å²) in [5.41, 5.74) is 3.04. The summed E-state index contributed by atoms with van der Waals surface area (Å²) in [6, 6.07) is 6.11. The van der Waals surface area contributed by atoms with Crippen LogP contribution in [0.5, 0.6) is 0 Å². The molecule has 0 fully saturated rings. The van der Waals surface area contributed by atoms with Gasteiger partial charge in [-0.1, -0.05) is 44.9 Å². The Hall–Kier alpha value is -1.84. The van der Waals surface area contributed by atoms with Gasteiger partial charge in [-0.2, -0.15) is 5.10 Å². The van der Waals surface area contributed by atoms with Crippen molar-refractivity contribution >= 4 is 0 Å². The number of aromatic amines is 1. The molecule has 0 amide bonds. The monoisotopic (exact) mass is 287 g/mol. The SMILES string of the molecule is CCCC(CCC)c1n[nH]c(=O)n1-c1c(C)cccc1C. The molecule has 0 bridgehead atoms. The van der Waals surface area contributed by atoms with Gasteiger partial charge in [-0.3, -0.25) is 0 Å². The summed E-state index contributed by atoms with van der Waals surface area (Å²) in [4.78, 5) is 12.3. The predicted molar refractivity (Wildman–Crippen MR) is 86.2 cm³/mol. The highest BCUT2D eigenvalue weighted by atomic mass is 16.1. The number of aryl methyl sites for hydroxylation is 2. The first-order chi connectivity index (χ1) is 10.1. The van der Waals surface area contributed by atoms with Crippen molar-refractivity contribution in [1.29, 1.82) is 0 Å². The quantitative estimate of drug-likeness (QED) is 0.877. The molecule has 114 valence electrons. The van der Waals surface area contributed by atoms with E-state index in [1.165, 1.54) is 0 Å². The Morgan fingerprint density at radius 1 is 1.14 bits per heavy atom. The Morgan fingerprint density at radius 3 is 2.24 bits per heavy atom. The lowest BCUT2D eigenvalue weighted by Crippen LogP contribution is -2.20. The van der Waals surface area contributed by atoms with E-state index in [2.05, 4.69) is 24.0 Å². The average molecular weight is 287 g/mol. The van der Waals surface area contributed by atoms with Crippen molar-refractivity contribution < 1.29 is 0 Å². The van der Waals surface area contributed by atoms with Gasteiger partial charge < -0.3 is 0 Å². The number of aromatic nitrogens is 3. The minimum Gasteiger partial charge on any atom is -0.246 e. The highest BCUT2D eigenvalue weighted by Gasteiger charge is 2.21. The lowest BCUT2D eigenvalue weighted by molar-refractivity contribution is 0.524. The second-order valence-electron chi connectivity index (χ2n) is 5.74. The van der Waals surface area contributed by atoms with Crippen LogP contribution in [-0.4, -0.2) is 14.8 Å². The summed E-state index contributed by atoms with van der Waals surface area (Å²) in [5, 5.41) is 6.98. The minimum absolute atomic E-state index is 0.139. The Balaban J connectivity index is 2.59. The van der Waals surface area contributed by atoms with E-state index in [0.717, 1.165) is 48.3 Å². The number of nitrogens with one attached hydrogen (secondary N) is 1. The van der Waals surface area contributed by atoms with Gasteiger partial charge in [-0.15, -0.1) is 0 Å². The van der Waals surface area contributed by atoms with Crippen LogP contribution in [0, 0.1) is 13.8 Å². The predicted octanol–water partition coefficient (Wildman–Crippen LogP) is 3.86. The molecular weight excluding hydrogens is 262 g/mol. The fourth-order valence-electron chi connectivity index (χ4n) is 3.06. The maximum atomic E-state index is 12.3. The Kier molecular flexibility index (Phi) is 4.99. The van der Waals surface area contributed by atoms with Gasteiger partial charge in [0.1, 0.15) is 5.82 Å². The number of para-hydroxylation sites is 1. The number of nitrogens with zero attached hydrogens (tertiary/aromatic N) is 2. The first kappa shape index (κ1) is 15.5. The number of hydrogen-bond acceptors (Lipinski definition) is 2. The van der Waals surface area contributed by atoms with E-state index in [0.29, 0.717) is 5.92 Å². The van der Waals surface area contributed by atoms with Crippen molar-refractivity contribution in [3.05, 3.63) is 45.6 Å².